The second-order valence-electron chi connectivity index (χ2n) is 6.25. The molecule has 0 bridgehead atoms. The average molecular weight is 412 g/mol. The number of esters is 1. The first-order valence-electron chi connectivity index (χ1n) is 9.46. The van der Waals surface area contributed by atoms with E-state index in [1.54, 1.807) is 6.92 Å². The largest absolute Gasteiger partial charge is 0.466 e. The molecule has 30 heavy (non-hydrogen) atoms. The first-order valence-corrected chi connectivity index (χ1v) is 9.46. The Morgan fingerprint density at radius 3 is 2.07 bits per heavy atom. The van der Waals surface area contributed by atoms with Crippen LogP contribution in [0.5, 0.6) is 0 Å². The van der Waals surface area contributed by atoms with Gasteiger partial charge in [0.1, 0.15) is 12.2 Å². The first kappa shape index (κ1) is 24.5. The summed E-state index contributed by atoms with van der Waals surface area (Å²) in [5, 5.41) is 5.59. The molecule has 8 nitrogen and oxygen atoms in total. The van der Waals surface area contributed by atoms with Gasteiger partial charge in [0, 0.05) is 11.4 Å². The summed E-state index contributed by atoms with van der Waals surface area (Å²) in [5.74, 6) is 4.55. The summed E-state index contributed by atoms with van der Waals surface area (Å²) < 4.78 is 4.49. The number of ketones is 1. The number of benzene rings is 2. The van der Waals surface area contributed by atoms with Crippen molar-refractivity contribution in [3.8, 4) is 0 Å². The Labute approximate surface area is 176 Å². The minimum atomic E-state index is -0.440. The van der Waals surface area contributed by atoms with Crippen molar-refractivity contribution in [3.05, 3.63) is 60.7 Å². The number of hydrazine groups is 1. The fourth-order valence-electron chi connectivity index (χ4n) is 2.28. The molecule has 160 valence electrons. The fraction of sp³-hybridized carbons (Fsp3) is 0.273. The fourth-order valence-corrected chi connectivity index (χ4v) is 2.28. The normalized spacial score (nSPS) is 11.9. The highest BCUT2D eigenvalue weighted by Crippen LogP contribution is 2.19. The summed E-state index contributed by atoms with van der Waals surface area (Å²) in [7, 11) is 0. The number of para-hydroxylation sites is 2. The number of hydrazone groups is 1. The van der Waals surface area contributed by atoms with Gasteiger partial charge in [0.05, 0.1) is 18.7 Å². The van der Waals surface area contributed by atoms with Crippen LogP contribution in [0.15, 0.2) is 65.8 Å². The van der Waals surface area contributed by atoms with E-state index in [-0.39, 0.29) is 18.1 Å². The quantitative estimate of drug-likeness (QED) is 0.337. The molecule has 3 N–H and O–H groups in total. The number of carbonyl (C=O) groups is 3. The van der Waals surface area contributed by atoms with Gasteiger partial charge in [-0.25, -0.2) is 5.01 Å². The van der Waals surface area contributed by atoms with Gasteiger partial charge in [-0.05, 0) is 45.0 Å². The number of hydrogen-bond acceptors (Lipinski definition) is 7. The van der Waals surface area contributed by atoms with E-state index in [9.17, 15) is 14.4 Å². The maximum atomic E-state index is 11.4. The van der Waals surface area contributed by atoms with Crippen LogP contribution in [0.2, 0.25) is 0 Å². The Bertz CT molecular complexity index is 839. The summed E-state index contributed by atoms with van der Waals surface area (Å²) in [4.78, 5) is 32.0. The molecule has 0 atom stereocenters. The third-order valence-corrected chi connectivity index (χ3v) is 3.55. The molecule has 0 saturated heterocycles. The standard InChI is InChI=1S/C10H10N2O.C6H8N2.C6H10O3/c1-8-7-10(13)12(11-8)9-5-3-2-4-6-9;7-8-6-4-2-1-3-5-6;1-3-9-6(8)4-5(2)7/h2-6H,7H2,1H3;1-5,8H,7H2;3-4H2,1-2H3. The summed E-state index contributed by atoms with van der Waals surface area (Å²) in [6.07, 6.45) is 0.336. The highest BCUT2D eigenvalue weighted by Gasteiger charge is 2.21. The molecule has 2 aromatic carbocycles. The minimum Gasteiger partial charge on any atom is -0.466 e. The van der Waals surface area contributed by atoms with E-state index >= 15 is 0 Å². The van der Waals surface area contributed by atoms with E-state index in [4.69, 9.17) is 5.84 Å². The van der Waals surface area contributed by atoms with Crippen LogP contribution >= 0.6 is 0 Å². The summed E-state index contributed by atoms with van der Waals surface area (Å²) in [6, 6.07) is 19.1. The highest BCUT2D eigenvalue weighted by atomic mass is 16.5. The van der Waals surface area contributed by atoms with Crippen molar-refractivity contribution in [2.45, 2.75) is 33.6 Å². The number of anilines is 2. The van der Waals surface area contributed by atoms with E-state index in [0.717, 1.165) is 17.1 Å². The molecule has 1 heterocycles. The van der Waals surface area contributed by atoms with Gasteiger partial charge in [-0.3, -0.25) is 20.2 Å². The summed E-state index contributed by atoms with van der Waals surface area (Å²) in [6.45, 7) is 5.27. The lowest BCUT2D eigenvalue weighted by Gasteiger charge is -2.10. The number of amides is 1. The van der Waals surface area contributed by atoms with Crippen LogP contribution in [-0.2, 0) is 19.1 Å². The zero-order valence-corrected chi connectivity index (χ0v) is 17.5. The Morgan fingerprint density at radius 2 is 1.67 bits per heavy atom. The lowest BCUT2D eigenvalue weighted by molar-refractivity contribution is -0.145. The topological polar surface area (TPSA) is 114 Å². The molecule has 1 aliphatic heterocycles. The van der Waals surface area contributed by atoms with Gasteiger partial charge in [-0.2, -0.15) is 5.10 Å². The second-order valence-corrected chi connectivity index (χ2v) is 6.25. The smallest absolute Gasteiger partial charge is 0.313 e. The zero-order valence-electron chi connectivity index (χ0n) is 17.5. The lowest BCUT2D eigenvalue weighted by atomic mass is 10.3. The Morgan fingerprint density at radius 1 is 1.10 bits per heavy atom. The van der Waals surface area contributed by atoms with E-state index in [2.05, 4.69) is 15.3 Å². The molecule has 0 aromatic heterocycles. The Balaban J connectivity index is 0.000000235. The van der Waals surface area contributed by atoms with Gasteiger partial charge < -0.3 is 10.2 Å². The number of hydrogen-bond donors (Lipinski definition) is 2. The highest BCUT2D eigenvalue weighted by molar-refractivity contribution is 6.12. The van der Waals surface area contributed by atoms with E-state index in [0.29, 0.717) is 13.0 Å². The van der Waals surface area contributed by atoms with Crippen molar-refractivity contribution >= 4 is 34.7 Å². The van der Waals surface area contributed by atoms with Crippen molar-refractivity contribution in [1.82, 2.24) is 0 Å². The molecule has 0 saturated carbocycles. The maximum absolute atomic E-state index is 11.4. The monoisotopic (exact) mass is 412 g/mol. The van der Waals surface area contributed by atoms with E-state index < -0.39 is 5.97 Å². The predicted octanol–water partition coefficient (Wildman–Crippen LogP) is 3.30. The van der Waals surface area contributed by atoms with Crippen molar-refractivity contribution in [2.75, 3.05) is 17.0 Å². The number of nitrogens with two attached hydrogens (primary N) is 1. The number of nitrogen functional groups attached to an aromatic ring is 1. The first-order chi connectivity index (χ1) is 14.4. The van der Waals surface area contributed by atoms with Crippen LogP contribution in [-0.4, -0.2) is 30.0 Å². The summed E-state index contributed by atoms with van der Waals surface area (Å²) >= 11 is 0. The SMILES string of the molecule is CC1=NN(c2ccccc2)C(=O)C1.CCOC(=O)CC(C)=O.NNc1ccccc1. The van der Waals surface area contributed by atoms with Crippen molar-refractivity contribution in [1.29, 1.82) is 0 Å². The van der Waals surface area contributed by atoms with Crippen LogP contribution in [0.3, 0.4) is 0 Å². The molecule has 0 unspecified atom stereocenters. The number of rotatable bonds is 5. The Kier molecular flexibility index (Phi) is 11.1. The third kappa shape index (κ3) is 9.61. The van der Waals surface area contributed by atoms with Crippen LogP contribution in [0, 0.1) is 0 Å². The van der Waals surface area contributed by atoms with Crippen molar-refractivity contribution < 1.29 is 19.1 Å². The number of ether oxygens (including phenoxy) is 1. The summed E-state index contributed by atoms with van der Waals surface area (Å²) in [5.41, 5.74) is 5.17. The molecule has 0 aliphatic carbocycles. The van der Waals surface area contributed by atoms with Gasteiger partial charge in [-0.15, -0.1) is 0 Å². The van der Waals surface area contributed by atoms with Gasteiger partial charge in [0.25, 0.3) is 5.91 Å². The molecular formula is C22H28N4O4. The molecule has 0 radical (unpaired) electrons. The van der Waals surface area contributed by atoms with Gasteiger partial charge in [-0.1, -0.05) is 36.4 Å². The van der Waals surface area contributed by atoms with E-state index in [1.165, 1.54) is 11.9 Å². The predicted molar refractivity (Wildman–Crippen MR) is 118 cm³/mol. The molecule has 2 aromatic rings. The molecule has 1 amide bonds. The number of nitrogens with one attached hydrogen (secondary N) is 1. The van der Waals surface area contributed by atoms with Crippen molar-refractivity contribution in [3.63, 3.8) is 0 Å². The van der Waals surface area contributed by atoms with Gasteiger partial charge in [0.15, 0.2) is 0 Å². The molecule has 1 aliphatic rings. The molecule has 3 rings (SSSR count). The molecular weight excluding hydrogens is 384 g/mol. The second kappa shape index (κ2) is 13.6. The lowest BCUT2D eigenvalue weighted by Crippen LogP contribution is -2.19. The molecule has 0 spiro atoms. The molecule has 8 heteroatoms. The van der Waals surface area contributed by atoms with Crippen LogP contribution in [0.25, 0.3) is 0 Å². The number of nitrogens with zero attached hydrogens (tertiary/aromatic N) is 2. The zero-order chi connectivity index (χ0) is 22.4. The van der Waals surface area contributed by atoms with Crippen LogP contribution in [0.4, 0.5) is 11.4 Å². The average Bonchev–Trinajstić information content (AvgIpc) is 3.08. The number of Topliss-reactive ketones (excluding diaryl/α,β-unsaturated/α-hetero) is 1. The maximum Gasteiger partial charge on any atom is 0.313 e. The minimum absolute atomic E-state index is 0.0451. The van der Waals surface area contributed by atoms with Gasteiger partial charge in [0.2, 0.25) is 0 Å². The molecule has 0 fully saturated rings. The van der Waals surface area contributed by atoms with Gasteiger partial charge >= 0.3 is 5.97 Å². The van der Waals surface area contributed by atoms with Crippen LogP contribution < -0.4 is 16.3 Å². The third-order valence-electron chi connectivity index (χ3n) is 3.55. The van der Waals surface area contributed by atoms with Crippen molar-refractivity contribution in [2.24, 2.45) is 10.9 Å². The number of carbonyl (C=O) groups excluding carboxylic acids is 3. The Hall–Kier alpha value is -3.52. The van der Waals surface area contributed by atoms with Crippen LogP contribution in [0.1, 0.15) is 33.6 Å². The van der Waals surface area contributed by atoms with E-state index in [1.807, 2.05) is 67.6 Å².